The summed E-state index contributed by atoms with van der Waals surface area (Å²) >= 11 is 1.63. The van der Waals surface area contributed by atoms with Crippen molar-refractivity contribution in [2.75, 3.05) is 17.6 Å². The Bertz CT molecular complexity index is 657. The summed E-state index contributed by atoms with van der Waals surface area (Å²) in [7, 11) is 0. The van der Waals surface area contributed by atoms with Crippen LogP contribution in [0.1, 0.15) is 32.2 Å². The Morgan fingerprint density at radius 3 is 2.76 bits per heavy atom. The monoisotopic (exact) mass is 306 g/mol. The van der Waals surface area contributed by atoms with E-state index in [2.05, 4.69) is 15.6 Å². The number of thiazole rings is 1. The molecule has 0 aliphatic carbocycles. The zero-order valence-corrected chi connectivity index (χ0v) is 13.7. The van der Waals surface area contributed by atoms with Crippen molar-refractivity contribution in [1.82, 2.24) is 10.3 Å². The molecule has 0 saturated heterocycles. The summed E-state index contributed by atoms with van der Waals surface area (Å²) in [5, 5.41) is 7.16. The van der Waals surface area contributed by atoms with Crippen LogP contribution in [0.15, 0.2) is 12.1 Å². The number of carbonyl (C=O) groups excluding carboxylic acids is 1. The summed E-state index contributed by atoms with van der Waals surface area (Å²) in [6.07, 6.45) is 0.408. The topological polar surface area (TPSA) is 80.0 Å². The van der Waals surface area contributed by atoms with Gasteiger partial charge in [-0.15, -0.1) is 11.3 Å². The van der Waals surface area contributed by atoms with Gasteiger partial charge in [-0.25, -0.2) is 4.98 Å². The second kappa shape index (κ2) is 5.89. The summed E-state index contributed by atoms with van der Waals surface area (Å²) in [4.78, 5) is 16.2. The average molecular weight is 306 g/mol. The molecule has 0 aliphatic rings. The largest absolute Gasteiger partial charge is 0.397 e. The highest BCUT2D eigenvalue weighted by Crippen LogP contribution is 2.29. The van der Waals surface area contributed by atoms with Gasteiger partial charge in [0.1, 0.15) is 0 Å². The Morgan fingerprint density at radius 2 is 2.10 bits per heavy atom. The molecule has 21 heavy (non-hydrogen) atoms. The molecule has 5 nitrogen and oxygen atoms in total. The summed E-state index contributed by atoms with van der Waals surface area (Å²) in [5.74, 6) is 0.0270. The van der Waals surface area contributed by atoms with E-state index in [9.17, 15) is 4.79 Å². The lowest BCUT2D eigenvalue weighted by Gasteiger charge is -2.20. The Hall–Kier alpha value is -1.82. The number of anilines is 2. The van der Waals surface area contributed by atoms with E-state index in [0.717, 1.165) is 20.9 Å². The second-order valence-electron chi connectivity index (χ2n) is 6.12. The zero-order chi connectivity index (χ0) is 15.6. The maximum absolute atomic E-state index is 11.8. The van der Waals surface area contributed by atoms with Gasteiger partial charge in [0, 0.05) is 18.5 Å². The van der Waals surface area contributed by atoms with Crippen LogP contribution in [0.4, 0.5) is 11.4 Å². The van der Waals surface area contributed by atoms with Gasteiger partial charge in [-0.2, -0.15) is 0 Å². The lowest BCUT2D eigenvalue weighted by molar-refractivity contribution is -0.122. The van der Waals surface area contributed by atoms with E-state index >= 15 is 0 Å². The number of hydrogen-bond acceptors (Lipinski definition) is 5. The number of nitrogens with zero attached hydrogens (tertiary/aromatic N) is 1. The van der Waals surface area contributed by atoms with E-state index < -0.39 is 0 Å². The normalized spacial score (nSPS) is 11.6. The highest BCUT2D eigenvalue weighted by atomic mass is 32.1. The zero-order valence-electron chi connectivity index (χ0n) is 12.9. The van der Waals surface area contributed by atoms with Crippen molar-refractivity contribution in [1.29, 1.82) is 0 Å². The highest BCUT2D eigenvalue weighted by molar-refractivity contribution is 7.18. The van der Waals surface area contributed by atoms with Crippen molar-refractivity contribution in [3.63, 3.8) is 0 Å². The van der Waals surface area contributed by atoms with Crippen LogP contribution in [-0.2, 0) is 4.79 Å². The van der Waals surface area contributed by atoms with Crippen LogP contribution in [0.25, 0.3) is 10.2 Å². The molecule has 0 atom stereocenters. The number of rotatable bonds is 4. The third-order valence-electron chi connectivity index (χ3n) is 2.85. The number of benzene rings is 1. The predicted molar refractivity (Wildman–Crippen MR) is 89.8 cm³/mol. The number of aromatic nitrogens is 1. The lowest BCUT2D eigenvalue weighted by atomic mass is 10.1. The number of carbonyl (C=O) groups is 1. The maximum Gasteiger partial charge on any atom is 0.222 e. The van der Waals surface area contributed by atoms with E-state index in [1.165, 1.54) is 0 Å². The van der Waals surface area contributed by atoms with Crippen LogP contribution >= 0.6 is 11.3 Å². The quantitative estimate of drug-likeness (QED) is 0.759. The molecule has 0 radical (unpaired) electrons. The van der Waals surface area contributed by atoms with Crippen LogP contribution in [0, 0.1) is 6.92 Å². The van der Waals surface area contributed by atoms with Crippen molar-refractivity contribution in [3.05, 3.63) is 17.1 Å². The van der Waals surface area contributed by atoms with Gasteiger partial charge in [0.15, 0.2) is 0 Å². The minimum atomic E-state index is -0.201. The lowest BCUT2D eigenvalue weighted by Crippen LogP contribution is -2.41. The number of aryl methyl sites for hydroxylation is 1. The molecular weight excluding hydrogens is 284 g/mol. The molecule has 4 N–H and O–H groups in total. The molecule has 0 saturated carbocycles. The van der Waals surface area contributed by atoms with Crippen molar-refractivity contribution < 1.29 is 4.79 Å². The number of nitrogen functional groups attached to an aromatic ring is 1. The number of nitrogens with one attached hydrogen (secondary N) is 2. The minimum Gasteiger partial charge on any atom is -0.397 e. The van der Waals surface area contributed by atoms with Gasteiger partial charge in [-0.05, 0) is 39.8 Å². The van der Waals surface area contributed by atoms with E-state index in [4.69, 9.17) is 5.73 Å². The third-order valence-corrected chi connectivity index (χ3v) is 3.78. The van der Waals surface area contributed by atoms with E-state index in [1.807, 2.05) is 39.8 Å². The molecule has 1 heterocycles. The van der Waals surface area contributed by atoms with Crippen molar-refractivity contribution in [2.45, 2.75) is 39.7 Å². The SMILES string of the molecule is Cc1nc2cc(NCCC(=O)NC(C)(C)C)c(N)cc2s1. The van der Waals surface area contributed by atoms with Crippen molar-refractivity contribution in [2.24, 2.45) is 0 Å². The first-order valence-electron chi connectivity index (χ1n) is 6.96. The number of hydrogen-bond donors (Lipinski definition) is 3. The molecular formula is C15H22N4OS. The molecule has 114 valence electrons. The molecule has 6 heteroatoms. The van der Waals surface area contributed by atoms with Gasteiger partial charge < -0.3 is 16.4 Å². The number of fused-ring (bicyclic) bond motifs is 1. The molecule has 0 spiro atoms. The van der Waals surface area contributed by atoms with Crippen molar-refractivity contribution in [3.8, 4) is 0 Å². The smallest absolute Gasteiger partial charge is 0.222 e. The molecule has 0 aliphatic heterocycles. The van der Waals surface area contributed by atoms with Gasteiger partial charge in [-0.1, -0.05) is 0 Å². The van der Waals surface area contributed by atoms with Crippen LogP contribution in [0.3, 0.4) is 0 Å². The van der Waals surface area contributed by atoms with Gasteiger partial charge in [0.2, 0.25) is 5.91 Å². The Morgan fingerprint density at radius 1 is 1.38 bits per heavy atom. The summed E-state index contributed by atoms with van der Waals surface area (Å²) in [6.45, 7) is 8.42. The summed E-state index contributed by atoms with van der Waals surface area (Å²) in [5.41, 5.74) is 8.28. The van der Waals surface area contributed by atoms with E-state index in [-0.39, 0.29) is 11.4 Å². The second-order valence-corrected chi connectivity index (χ2v) is 7.35. The average Bonchev–Trinajstić information content (AvgIpc) is 2.66. The van der Waals surface area contributed by atoms with E-state index in [0.29, 0.717) is 18.7 Å². The Balaban J connectivity index is 1.97. The van der Waals surface area contributed by atoms with Gasteiger partial charge in [0.05, 0.1) is 26.6 Å². The fourth-order valence-electron chi connectivity index (χ4n) is 2.05. The first kappa shape index (κ1) is 15.6. The Kier molecular flexibility index (Phi) is 4.37. The fourth-order valence-corrected chi connectivity index (χ4v) is 2.91. The maximum atomic E-state index is 11.8. The predicted octanol–water partition coefficient (Wildman–Crippen LogP) is 2.90. The van der Waals surface area contributed by atoms with Crippen LogP contribution < -0.4 is 16.4 Å². The fraction of sp³-hybridized carbons (Fsp3) is 0.467. The number of nitrogens with two attached hydrogens (primary N) is 1. The Labute approximate surface area is 128 Å². The molecule has 2 aromatic rings. The summed E-state index contributed by atoms with van der Waals surface area (Å²) in [6, 6.07) is 3.87. The van der Waals surface area contributed by atoms with Crippen LogP contribution in [-0.4, -0.2) is 23.0 Å². The van der Waals surface area contributed by atoms with E-state index in [1.54, 1.807) is 11.3 Å². The molecule has 2 rings (SSSR count). The summed E-state index contributed by atoms with van der Waals surface area (Å²) < 4.78 is 1.08. The highest BCUT2D eigenvalue weighted by Gasteiger charge is 2.13. The van der Waals surface area contributed by atoms with Crippen LogP contribution in [0.5, 0.6) is 0 Å². The van der Waals surface area contributed by atoms with Crippen LogP contribution in [0.2, 0.25) is 0 Å². The molecule has 1 aromatic carbocycles. The molecule has 1 aromatic heterocycles. The molecule has 0 fully saturated rings. The minimum absolute atomic E-state index is 0.0270. The van der Waals surface area contributed by atoms with Gasteiger partial charge >= 0.3 is 0 Å². The first-order chi connectivity index (χ1) is 9.74. The van der Waals surface area contributed by atoms with Gasteiger partial charge in [-0.3, -0.25) is 4.79 Å². The molecule has 0 bridgehead atoms. The molecule has 0 unspecified atom stereocenters. The standard InChI is InChI=1S/C15H22N4OS/c1-9-18-12-8-11(10(16)7-13(12)21-9)17-6-5-14(20)19-15(2,3)4/h7-8,17H,5-6,16H2,1-4H3,(H,19,20). The first-order valence-corrected chi connectivity index (χ1v) is 7.78. The third kappa shape index (κ3) is 4.32. The molecule has 1 amide bonds. The van der Waals surface area contributed by atoms with Crippen molar-refractivity contribution >= 4 is 38.8 Å². The van der Waals surface area contributed by atoms with Gasteiger partial charge in [0.25, 0.3) is 0 Å². The number of amides is 1.